The Kier molecular flexibility index (Phi) is 5.55. The Balaban J connectivity index is 1.32. The van der Waals surface area contributed by atoms with Crippen LogP contribution >= 0.6 is 0 Å². The van der Waals surface area contributed by atoms with Crippen LogP contribution in [0.4, 0.5) is 10.2 Å². The molecule has 170 valence electrons. The summed E-state index contributed by atoms with van der Waals surface area (Å²) in [4.78, 5) is 17.2. The molecule has 3 aromatic carbocycles. The number of fused-ring (bicyclic) bond motifs is 1. The van der Waals surface area contributed by atoms with Gasteiger partial charge in [-0.1, -0.05) is 6.07 Å². The van der Waals surface area contributed by atoms with Gasteiger partial charge in [-0.15, -0.1) is 0 Å². The number of H-pyrrole nitrogens is 1. The van der Waals surface area contributed by atoms with Crippen molar-refractivity contribution in [1.82, 2.24) is 19.7 Å². The molecule has 2 heterocycles. The third-order valence-electron chi connectivity index (χ3n) is 5.24. The molecule has 5 rings (SSSR count). The van der Waals surface area contributed by atoms with E-state index < -0.39 is 0 Å². The average Bonchev–Trinajstić information content (AvgIpc) is 3.46. The number of anilines is 1. The molecule has 0 aliphatic heterocycles. The molecule has 7 nitrogen and oxygen atoms in total. The number of carbonyl (C=O) groups is 1. The van der Waals surface area contributed by atoms with Crippen molar-refractivity contribution < 1.29 is 13.9 Å². The largest absolute Gasteiger partial charge is 0.491 e. The van der Waals surface area contributed by atoms with E-state index in [0.29, 0.717) is 28.3 Å². The SMILES string of the molecule is CC(C)Oc1ccc(-c2cc(NC(=O)c3ccc4c(c3)ncn4-c3cccc(F)c3)[nH]n2)cc1. The van der Waals surface area contributed by atoms with Crippen LogP contribution in [0.5, 0.6) is 5.75 Å². The minimum Gasteiger partial charge on any atom is -0.491 e. The van der Waals surface area contributed by atoms with E-state index in [2.05, 4.69) is 20.5 Å². The molecule has 8 heteroatoms. The van der Waals surface area contributed by atoms with Crippen LogP contribution in [0.15, 0.2) is 79.1 Å². The van der Waals surface area contributed by atoms with Crippen LogP contribution in [0.3, 0.4) is 0 Å². The van der Waals surface area contributed by atoms with Gasteiger partial charge in [0.05, 0.1) is 28.5 Å². The summed E-state index contributed by atoms with van der Waals surface area (Å²) in [5, 5.41) is 9.97. The average molecular weight is 455 g/mol. The fourth-order valence-electron chi connectivity index (χ4n) is 3.69. The lowest BCUT2D eigenvalue weighted by Gasteiger charge is -2.09. The third-order valence-corrected chi connectivity index (χ3v) is 5.24. The van der Waals surface area contributed by atoms with Crippen molar-refractivity contribution in [1.29, 1.82) is 0 Å². The van der Waals surface area contributed by atoms with E-state index in [1.807, 2.05) is 38.1 Å². The summed E-state index contributed by atoms with van der Waals surface area (Å²) in [6, 6.07) is 20.9. The molecule has 34 heavy (non-hydrogen) atoms. The number of hydrogen-bond donors (Lipinski definition) is 2. The molecule has 0 fully saturated rings. The summed E-state index contributed by atoms with van der Waals surface area (Å²) in [5.74, 6) is 0.651. The van der Waals surface area contributed by atoms with Crippen molar-refractivity contribution in [2.75, 3.05) is 5.32 Å². The molecule has 0 saturated heterocycles. The molecule has 0 saturated carbocycles. The molecule has 0 atom stereocenters. The normalized spacial score (nSPS) is 11.2. The molecule has 0 aliphatic carbocycles. The second kappa shape index (κ2) is 8.82. The van der Waals surface area contributed by atoms with E-state index in [0.717, 1.165) is 16.8 Å². The summed E-state index contributed by atoms with van der Waals surface area (Å²) in [5.41, 5.74) is 4.12. The second-order valence-electron chi connectivity index (χ2n) is 8.11. The van der Waals surface area contributed by atoms with Gasteiger partial charge in [0.25, 0.3) is 5.91 Å². The smallest absolute Gasteiger partial charge is 0.256 e. The van der Waals surface area contributed by atoms with Crippen LogP contribution < -0.4 is 10.1 Å². The molecule has 1 amide bonds. The number of aromatic nitrogens is 4. The number of benzene rings is 3. The first kappa shape index (κ1) is 21.4. The Hall–Kier alpha value is -4.46. The quantitative estimate of drug-likeness (QED) is 0.349. The van der Waals surface area contributed by atoms with E-state index in [1.54, 1.807) is 47.3 Å². The predicted molar refractivity (Wildman–Crippen MR) is 129 cm³/mol. The van der Waals surface area contributed by atoms with Crippen molar-refractivity contribution in [2.24, 2.45) is 0 Å². The summed E-state index contributed by atoms with van der Waals surface area (Å²) in [6.07, 6.45) is 1.71. The first-order valence-electron chi connectivity index (χ1n) is 10.8. The third kappa shape index (κ3) is 4.38. The zero-order valence-corrected chi connectivity index (χ0v) is 18.6. The Labute approximate surface area is 195 Å². The molecule has 0 radical (unpaired) electrons. The van der Waals surface area contributed by atoms with E-state index in [1.165, 1.54) is 12.1 Å². The lowest BCUT2D eigenvalue weighted by atomic mass is 10.1. The monoisotopic (exact) mass is 455 g/mol. The number of rotatable bonds is 6. The highest BCUT2D eigenvalue weighted by Crippen LogP contribution is 2.24. The number of hydrogen-bond acceptors (Lipinski definition) is 4. The number of imidazole rings is 1. The van der Waals surface area contributed by atoms with Crippen LogP contribution in [0, 0.1) is 5.82 Å². The van der Waals surface area contributed by atoms with E-state index in [9.17, 15) is 9.18 Å². The maximum Gasteiger partial charge on any atom is 0.256 e. The molecular weight excluding hydrogens is 433 g/mol. The standard InChI is InChI=1S/C26H22FN5O2/c1-16(2)34-21-9-6-17(7-10-21)22-14-25(31-30-22)29-26(33)18-8-11-24-23(12-18)28-15-32(24)20-5-3-4-19(27)13-20/h3-16H,1-2H3,(H2,29,30,31,33). The fraction of sp³-hybridized carbons (Fsp3) is 0.115. The van der Waals surface area contributed by atoms with Crippen molar-refractivity contribution in [3.8, 4) is 22.7 Å². The number of nitrogens with one attached hydrogen (secondary N) is 2. The van der Waals surface area contributed by atoms with E-state index >= 15 is 0 Å². The number of nitrogens with zero attached hydrogens (tertiary/aromatic N) is 3. The van der Waals surface area contributed by atoms with Gasteiger partial charge in [-0.3, -0.25) is 14.5 Å². The van der Waals surface area contributed by atoms with Crippen LogP contribution in [-0.2, 0) is 0 Å². The predicted octanol–water partition coefficient (Wildman–Crippen LogP) is 5.59. The van der Waals surface area contributed by atoms with Crippen LogP contribution in [0.25, 0.3) is 28.0 Å². The number of amides is 1. The van der Waals surface area contributed by atoms with E-state index in [4.69, 9.17) is 4.74 Å². The van der Waals surface area contributed by atoms with Crippen LogP contribution in [0.2, 0.25) is 0 Å². The molecule has 0 bridgehead atoms. The first-order valence-corrected chi connectivity index (χ1v) is 10.8. The van der Waals surface area contributed by atoms with Gasteiger partial charge in [0.2, 0.25) is 0 Å². The van der Waals surface area contributed by atoms with Crippen molar-refractivity contribution in [2.45, 2.75) is 20.0 Å². The number of carbonyl (C=O) groups excluding carboxylic acids is 1. The Morgan fingerprint density at radius 1 is 1.06 bits per heavy atom. The van der Waals surface area contributed by atoms with Gasteiger partial charge in [0.15, 0.2) is 0 Å². The molecule has 0 unspecified atom stereocenters. The van der Waals surface area contributed by atoms with Crippen molar-refractivity contribution in [3.05, 3.63) is 90.5 Å². The highest BCUT2D eigenvalue weighted by molar-refractivity contribution is 6.05. The zero-order chi connectivity index (χ0) is 23.7. The number of aromatic amines is 1. The van der Waals surface area contributed by atoms with Crippen molar-refractivity contribution >= 4 is 22.8 Å². The Morgan fingerprint density at radius 3 is 2.65 bits per heavy atom. The minimum absolute atomic E-state index is 0.104. The second-order valence-corrected chi connectivity index (χ2v) is 8.11. The van der Waals surface area contributed by atoms with Gasteiger partial charge in [-0.25, -0.2) is 9.37 Å². The summed E-state index contributed by atoms with van der Waals surface area (Å²) in [7, 11) is 0. The number of ether oxygens (including phenoxy) is 1. The van der Waals surface area contributed by atoms with Gasteiger partial charge in [0, 0.05) is 17.2 Å². The molecular formula is C26H22FN5O2. The first-order chi connectivity index (χ1) is 16.5. The molecule has 0 spiro atoms. The highest BCUT2D eigenvalue weighted by Gasteiger charge is 2.13. The minimum atomic E-state index is -0.325. The van der Waals surface area contributed by atoms with Crippen molar-refractivity contribution in [3.63, 3.8) is 0 Å². The molecule has 0 aliphatic rings. The van der Waals surface area contributed by atoms with Gasteiger partial charge in [0.1, 0.15) is 23.7 Å². The van der Waals surface area contributed by atoms with Gasteiger partial charge < -0.3 is 10.1 Å². The highest BCUT2D eigenvalue weighted by atomic mass is 19.1. The van der Waals surface area contributed by atoms with Gasteiger partial charge in [-0.05, 0) is 74.5 Å². The fourth-order valence-corrected chi connectivity index (χ4v) is 3.69. The maximum absolute atomic E-state index is 13.6. The van der Waals surface area contributed by atoms with Gasteiger partial charge in [-0.2, -0.15) is 5.10 Å². The zero-order valence-electron chi connectivity index (χ0n) is 18.6. The maximum atomic E-state index is 13.6. The molecule has 2 aromatic heterocycles. The Bertz CT molecular complexity index is 1470. The Morgan fingerprint density at radius 2 is 1.88 bits per heavy atom. The summed E-state index contributed by atoms with van der Waals surface area (Å²) < 4.78 is 21.1. The lowest BCUT2D eigenvalue weighted by Crippen LogP contribution is -2.12. The molecule has 5 aromatic rings. The van der Waals surface area contributed by atoms with Gasteiger partial charge >= 0.3 is 0 Å². The van der Waals surface area contributed by atoms with Crippen LogP contribution in [-0.4, -0.2) is 31.8 Å². The lowest BCUT2D eigenvalue weighted by molar-refractivity contribution is 0.102. The van der Waals surface area contributed by atoms with E-state index in [-0.39, 0.29) is 17.8 Å². The van der Waals surface area contributed by atoms with Crippen LogP contribution in [0.1, 0.15) is 24.2 Å². The number of halogens is 1. The topological polar surface area (TPSA) is 84.8 Å². The summed E-state index contributed by atoms with van der Waals surface area (Å²) in [6.45, 7) is 3.95. The molecule has 2 N–H and O–H groups in total. The summed E-state index contributed by atoms with van der Waals surface area (Å²) >= 11 is 0.